The molecule has 0 bridgehead atoms. The summed E-state index contributed by atoms with van der Waals surface area (Å²) in [5.41, 5.74) is -0.717. The second-order valence-electron chi connectivity index (χ2n) is 5.26. The topological polar surface area (TPSA) is 46.6 Å². The van der Waals surface area contributed by atoms with Crippen molar-refractivity contribution < 1.29 is 27.5 Å². The van der Waals surface area contributed by atoms with Gasteiger partial charge in [-0.3, -0.25) is 9.59 Å². The van der Waals surface area contributed by atoms with Crippen LogP contribution in [0.1, 0.15) is 18.9 Å². The Labute approximate surface area is 136 Å². The Balaban J connectivity index is 2.22. The Morgan fingerprint density at radius 2 is 2.13 bits per heavy atom. The molecule has 0 aromatic heterocycles. The monoisotopic (exact) mass is 347 g/mol. The van der Waals surface area contributed by atoms with Crippen molar-refractivity contribution in [3.05, 3.63) is 23.8 Å². The van der Waals surface area contributed by atoms with E-state index in [4.69, 9.17) is 4.74 Å². The molecule has 1 fully saturated rings. The van der Waals surface area contributed by atoms with Gasteiger partial charge in [0.05, 0.1) is 12.7 Å². The molecule has 0 aliphatic carbocycles. The number of benzene rings is 1. The summed E-state index contributed by atoms with van der Waals surface area (Å²) in [5, 5.41) is -0.0419. The van der Waals surface area contributed by atoms with Crippen LogP contribution in [0.2, 0.25) is 0 Å². The van der Waals surface area contributed by atoms with Gasteiger partial charge in [0.1, 0.15) is 5.75 Å². The second-order valence-corrected chi connectivity index (χ2v) is 6.46. The van der Waals surface area contributed by atoms with Crippen molar-refractivity contribution in [2.45, 2.75) is 19.5 Å². The van der Waals surface area contributed by atoms with E-state index >= 15 is 0 Å². The molecule has 1 aliphatic rings. The highest BCUT2D eigenvalue weighted by atomic mass is 32.2. The lowest BCUT2D eigenvalue weighted by atomic mass is 10.1. The Bertz CT molecular complexity index is 618. The van der Waals surface area contributed by atoms with Crippen molar-refractivity contribution in [1.82, 2.24) is 0 Å². The Kier molecular flexibility index (Phi) is 5.23. The van der Waals surface area contributed by atoms with Crippen LogP contribution in [0.4, 0.5) is 18.9 Å². The van der Waals surface area contributed by atoms with E-state index in [2.05, 4.69) is 0 Å². The molecule has 0 spiro atoms. The molecule has 1 saturated heterocycles. The number of ether oxygens (including phenoxy) is 1. The number of anilines is 1. The zero-order valence-corrected chi connectivity index (χ0v) is 13.5. The fraction of sp³-hybridized carbons (Fsp3) is 0.467. The number of rotatable bonds is 4. The molecular weight excluding hydrogens is 331 g/mol. The number of carbonyl (C=O) groups excluding carboxylic acids is 2. The maximum atomic E-state index is 13.1. The lowest BCUT2D eigenvalue weighted by Gasteiger charge is -2.20. The molecule has 126 valence electrons. The third-order valence-electron chi connectivity index (χ3n) is 3.53. The van der Waals surface area contributed by atoms with Crippen LogP contribution in [0.5, 0.6) is 5.75 Å². The van der Waals surface area contributed by atoms with Gasteiger partial charge in [-0.2, -0.15) is 13.2 Å². The van der Waals surface area contributed by atoms with Crippen LogP contribution in [0.25, 0.3) is 0 Å². The molecule has 1 unspecified atom stereocenters. The summed E-state index contributed by atoms with van der Waals surface area (Å²) in [6.07, 6.45) is -4.33. The van der Waals surface area contributed by atoms with Gasteiger partial charge in [0.2, 0.25) is 5.91 Å². The minimum absolute atomic E-state index is 0.0419. The third kappa shape index (κ3) is 4.19. The number of hydrogen-bond acceptors (Lipinski definition) is 4. The highest BCUT2D eigenvalue weighted by Gasteiger charge is 2.37. The lowest BCUT2D eigenvalue weighted by molar-refractivity contribution is -0.138. The molecule has 2 rings (SSSR count). The average Bonchev–Trinajstić information content (AvgIpc) is 2.84. The van der Waals surface area contributed by atoms with Gasteiger partial charge in [-0.1, -0.05) is 11.8 Å². The van der Waals surface area contributed by atoms with E-state index in [9.17, 15) is 22.8 Å². The summed E-state index contributed by atoms with van der Waals surface area (Å²) >= 11 is 1.12. The van der Waals surface area contributed by atoms with Crippen LogP contribution >= 0.6 is 11.8 Å². The summed E-state index contributed by atoms with van der Waals surface area (Å²) in [6, 6.07) is 3.58. The van der Waals surface area contributed by atoms with E-state index in [-0.39, 0.29) is 34.8 Å². The minimum atomic E-state index is -4.56. The first-order chi connectivity index (χ1) is 10.7. The van der Waals surface area contributed by atoms with Crippen LogP contribution in [0, 0.1) is 5.92 Å². The molecule has 1 aromatic carbocycles. The van der Waals surface area contributed by atoms with Crippen molar-refractivity contribution in [2.75, 3.05) is 24.3 Å². The number of amides is 1. The highest BCUT2D eigenvalue weighted by molar-refractivity contribution is 8.13. The zero-order valence-electron chi connectivity index (χ0n) is 12.6. The van der Waals surface area contributed by atoms with Crippen LogP contribution in [0.3, 0.4) is 0 Å². The standard InChI is InChI=1S/C15H16F3NO3S/c1-9(20)23-8-10-5-14(21)19(7-10)11-3-4-13(22-2)12(6-11)15(16,17)18/h3-4,6,10H,5,7-8H2,1-2H3. The molecule has 1 aromatic rings. The predicted octanol–water partition coefficient (Wildman–Crippen LogP) is 3.35. The average molecular weight is 347 g/mol. The quantitative estimate of drug-likeness (QED) is 0.838. The molecule has 0 N–H and O–H groups in total. The lowest BCUT2D eigenvalue weighted by Crippen LogP contribution is -2.25. The van der Waals surface area contributed by atoms with E-state index in [1.165, 1.54) is 31.1 Å². The molecule has 8 heteroatoms. The molecule has 23 heavy (non-hydrogen) atoms. The van der Waals surface area contributed by atoms with Crippen LogP contribution in [-0.4, -0.2) is 30.4 Å². The normalized spacial score (nSPS) is 18.4. The number of alkyl halides is 3. The van der Waals surface area contributed by atoms with Gasteiger partial charge in [0, 0.05) is 31.3 Å². The summed E-state index contributed by atoms with van der Waals surface area (Å²) in [4.78, 5) is 24.4. The Morgan fingerprint density at radius 1 is 1.43 bits per heavy atom. The molecule has 4 nitrogen and oxygen atoms in total. The van der Waals surface area contributed by atoms with Gasteiger partial charge in [0.15, 0.2) is 5.12 Å². The Hall–Kier alpha value is -1.70. The number of thioether (sulfide) groups is 1. The van der Waals surface area contributed by atoms with Crippen molar-refractivity contribution in [1.29, 1.82) is 0 Å². The molecule has 1 amide bonds. The van der Waals surface area contributed by atoms with E-state index in [0.717, 1.165) is 17.8 Å². The van der Waals surface area contributed by atoms with Gasteiger partial charge in [-0.05, 0) is 24.1 Å². The Morgan fingerprint density at radius 3 is 2.70 bits per heavy atom. The largest absolute Gasteiger partial charge is 0.496 e. The van der Waals surface area contributed by atoms with Gasteiger partial charge < -0.3 is 9.64 Å². The summed E-state index contributed by atoms with van der Waals surface area (Å²) in [5.74, 6) is -0.0818. The van der Waals surface area contributed by atoms with Gasteiger partial charge >= 0.3 is 6.18 Å². The van der Waals surface area contributed by atoms with Crippen LogP contribution < -0.4 is 9.64 Å². The maximum Gasteiger partial charge on any atom is 0.420 e. The zero-order chi connectivity index (χ0) is 17.2. The van der Waals surface area contributed by atoms with E-state index in [0.29, 0.717) is 12.3 Å². The maximum absolute atomic E-state index is 13.1. The van der Waals surface area contributed by atoms with Crippen molar-refractivity contribution in [3.8, 4) is 5.75 Å². The van der Waals surface area contributed by atoms with Crippen molar-refractivity contribution in [2.24, 2.45) is 5.92 Å². The van der Waals surface area contributed by atoms with Crippen LogP contribution in [0.15, 0.2) is 18.2 Å². The second kappa shape index (κ2) is 6.82. The number of hydrogen-bond donors (Lipinski definition) is 0. The summed E-state index contributed by atoms with van der Waals surface area (Å²) in [7, 11) is 1.17. The molecular formula is C15H16F3NO3S. The SMILES string of the molecule is COc1ccc(N2CC(CSC(C)=O)CC2=O)cc1C(F)(F)F. The molecule has 0 radical (unpaired) electrons. The summed E-state index contributed by atoms with van der Waals surface area (Å²) < 4.78 is 43.9. The van der Waals surface area contributed by atoms with E-state index < -0.39 is 11.7 Å². The van der Waals surface area contributed by atoms with E-state index in [1.807, 2.05) is 0 Å². The van der Waals surface area contributed by atoms with Gasteiger partial charge in [-0.25, -0.2) is 0 Å². The van der Waals surface area contributed by atoms with Gasteiger partial charge in [-0.15, -0.1) is 0 Å². The smallest absolute Gasteiger partial charge is 0.420 e. The molecule has 1 aliphatic heterocycles. The van der Waals surface area contributed by atoms with Crippen LogP contribution in [-0.2, 0) is 15.8 Å². The molecule has 0 saturated carbocycles. The number of carbonyl (C=O) groups is 2. The fourth-order valence-corrected chi connectivity index (χ4v) is 3.16. The minimum Gasteiger partial charge on any atom is -0.496 e. The van der Waals surface area contributed by atoms with Gasteiger partial charge in [0.25, 0.3) is 0 Å². The van der Waals surface area contributed by atoms with Crippen molar-refractivity contribution in [3.63, 3.8) is 0 Å². The number of nitrogens with zero attached hydrogens (tertiary/aromatic N) is 1. The highest BCUT2D eigenvalue weighted by Crippen LogP contribution is 2.39. The number of halogens is 3. The third-order valence-corrected chi connectivity index (χ3v) is 4.57. The number of methoxy groups -OCH3 is 1. The van der Waals surface area contributed by atoms with Crippen molar-refractivity contribution >= 4 is 28.5 Å². The first-order valence-corrected chi connectivity index (χ1v) is 7.90. The first kappa shape index (κ1) is 17.7. The molecule has 1 atom stereocenters. The predicted molar refractivity (Wildman–Crippen MR) is 81.6 cm³/mol. The first-order valence-electron chi connectivity index (χ1n) is 6.91. The molecule has 1 heterocycles. The van der Waals surface area contributed by atoms with E-state index in [1.54, 1.807) is 0 Å². The summed E-state index contributed by atoms with van der Waals surface area (Å²) in [6.45, 7) is 1.75. The fourth-order valence-electron chi connectivity index (χ4n) is 2.46.